The SMILES string of the molecule is COc1ccc(C(=O)Nc2ccc(C(=O)c3ccc(N(C)c4ccccc4)cn3)cc2C(O)C(=O)c2ccccc2)c(OC)c1. The topological polar surface area (TPSA) is 118 Å². The number of carbonyl (C=O) groups is 3. The number of anilines is 3. The van der Waals surface area contributed by atoms with Crippen molar-refractivity contribution in [2.75, 3.05) is 31.5 Å². The Morgan fingerprint density at radius 1 is 0.778 bits per heavy atom. The van der Waals surface area contributed by atoms with Gasteiger partial charge in [-0.3, -0.25) is 19.4 Å². The molecule has 45 heavy (non-hydrogen) atoms. The highest BCUT2D eigenvalue weighted by Crippen LogP contribution is 2.31. The van der Waals surface area contributed by atoms with Crippen molar-refractivity contribution in [2.24, 2.45) is 0 Å². The van der Waals surface area contributed by atoms with Crippen molar-refractivity contribution in [3.8, 4) is 11.5 Å². The van der Waals surface area contributed by atoms with Crippen LogP contribution in [0.3, 0.4) is 0 Å². The maximum Gasteiger partial charge on any atom is 0.259 e. The highest BCUT2D eigenvalue weighted by Gasteiger charge is 2.26. The molecule has 1 atom stereocenters. The third-order valence-corrected chi connectivity index (χ3v) is 7.33. The first-order chi connectivity index (χ1) is 21.8. The Bertz CT molecular complexity index is 1830. The van der Waals surface area contributed by atoms with Gasteiger partial charge in [-0.2, -0.15) is 0 Å². The number of aromatic nitrogens is 1. The zero-order valence-electron chi connectivity index (χ0n) is 24.9. The second-order valence-corrected chi connectivity index (χ2v) is 10.1. The fourth-order valence-corrected chi connectivity index (χ4v) is 4.79. The Labute approximate surface area is 260 Å². The van der Waals surface area contributed by atoms with Crippen LogP contribution in [-0.2, 0) is 0 Å². The van der Waals surface area contributed by atoms with Crippen molar-refractivity contribution in [1.82, 2.24) is 4.98 Å². The molecule has 0 aliphatic heterocycles. The van der Waals surface area contributed by atoms with Gasteiger partial charge in [-0.25, -0.2) is 0 Å². The second-order valence-electron chi connectivity index (χ2n) is 10.1. The number of methoxy groups -OCH3 is 2. The lowest BCUT2D eigenvalue weighted by atomic mass is 9.95. The number of carbonyl (C=O) groups excluding carboxylic acids is 3. The van der Waals surface area contributed by atoms with Gasteiger partial charge in [0.1, 0.15) is 23.3 Å². The smallest absolute Gasteiger partial charge is 0.259 e. The van der Waals surface area contributed by atoms with Gasteiger partial charge >= 0.3 is 0 Å². The van der Waals surface area contributed by atoms with E-state index >= 15 is 0 Å². The van der Waals surface area contributed by atoms with Gasteiger partial charge in [-0.15, -0.1) is 0 Å². The number of amides is 1. The summed E-state index contributed by atoms with van der Waals surface area (Å²) in [4.78, 5) is 46.5. The summed E-state index contributed by atoms with van der Waals surface area (Å²) in [5.74, 6) is -0.782. The Hall–Kier alpha value is -5.80. The van der Waals surface area contributed by atoms with Crippen molar-refractivity contribution >= 4 is 34.5 Å². The number of nitrogens with one attached hydrogen (secondary N) is 1. The van der Waals surface area contributed by atoms with Gasteiger partial charge < -0.3 is 24.8 Å². The number of ether oxygens (including phenoxy) is 2. The van der Waals surface area contributed by atoms with Crippen LogP contribution in [0.15, 0.2) is 115 Å². The van der Waals surface area contributed by atoms with E-state index in [-0.39, 0.29) is 39.4 Å². The molecule has 5 aromatic rings. The molecule has 0 radical (unpaired) electrons. The molecule has 9 nitrogen and oxygen atoms in total. The van der Waals surface area contributed by atoms with Crippen molar-refractivity contribution < 1.29 is 29.0 Å². The molecule has 9 heteroatoms. The molecule has 1 aromatic heterocycles. The first kappa shape index (κ1) is 30.7. The summed E-state index contributed by atoms with van der Waals surface area (Å²) in [7, 11) is 4.83. The number of aliphatic hydroxyl groups excluding tert-OH is 1. The van der Waals surface area contributed by atoms with Crippen LogP contribution in [-0.4, -0.2) is 48.8 Å². The quantitative estimate of drug-likeness (QED) is 0.170. The molecule has 4 aromatic carbocycles. The Balaban J connectivity index is 1.47. The zero-order chi connectivity index (χ0) is 31.9. The van der Waals surface area contributed by atoms with Crippen LogP contribution in [0.4, 0.5) is 17.1 Å². The molecule has 5 rings (SSSR count). The number of hydrogen-bond acceptors (Lipinski definition) is 8. The fourth-order valence-electron chi connectivity index (χ4n) is 4.79. The van der Waals surface area contributed by atoms with E-state index in [1.54, 1.807) is 66.9 Å². The lowest BCUT2D eigenvalue weighted by molar-refractivity contribution is 0.0747. The van der Waals surface area contributed by atoms with Gasteiger partial charge in [0.15, 0.2) is 5.78 Å². The van der Waals surface area contributed by atoms with E-state index < -0.39 is 23.6 Å². The Morgan fingerprint density at radius 3 is 2.13 bits per heavy atom. The summed E-state index contributed by atoms with van der Waals surface area (Å²) >= 11 is 0. The van der Waals surface area contributed by atoms with E-state index in [1.165, 1.54) is 32.4 Å². The predicted octanol–water partition coefficient (Wildman–Crippen LogP) is 6.27. The molecule has 0 aliphatic rings. The molecular formula is C36H31N3O6. The van der Waals surface area contributed by atoms with Gasteiger partial charge in [0.2, 0.25) is 5.78 Å². The molecule has 0 bridgehead atoms. The molecule has 0 spiro atoms. The van der Waals surface area contributed by atoms with Crippen LogP contribution in [0.2, 0.25) is 0 Å². The Morgan fingerprint density at radius 2 is 1.49 bits per heavy atom. The summed E-state index contributed by atoms with van der Waals surface area (Å²) in [5, 5.41) is 14.0. The number of nitrogens with zero attached hydrogens (tertiary/aromatic N) is 2. The lowest BCUT2D eigenvalue weighted by Crippen LogP contribution is -2.19. The third-order valence-electron chi connectivity index (χ3n) is 7.33. The normalized spacial score (nSPS) is 11.3. The van der Waals surface area contributed by atoms with E-state index in [0.717, 1.165) is 11.4 Å². The molecule has 1 heterocycles. The molecule has 1 unspecified atom stereocenters. The van der Waals surface area contributed by atoms with Crippen LogP contribution in [0, 0.1) is 0 Å². The van der Waals surface area contributed by atoms with Crippen molar-refractivity contribution in [1.29, 1.82) is 0 Å². The summed E-state index contributed by atoms with van der Waals surface area (Å²) in [6, 6.07) is 30.6. The van der Waals surface area contributed by atoms with Gasteiger partial charge in [0.25, 0.3) is 5.91 Å². The van der Waals surface area contributed by atoms with Crippen LogP contribution >= 0.6 is 0 Å². The molecule has 0 saturated heterocycles. The number of Topliss-reactive ketones (excluding diaryl/α,β-unsaturated/α-hetero) is 1. The van der Waals surface area contributed by atoms with Crippen molar-refractivity contribution in [3.05, 3.63) is 143 Å². The van der Waals surface area contributed by atoms with Gasteiger partial charge in [-0.05, 0) is 54.6 Å². The number of rotatable bonds is 11. The average molecular weight is 602 g/mol. The largest absolute Gasteiger partial charge is 0.497 e. The third kappa shape index (κ3) is 6.74. The van der Waals surface area contributed by atoms with Crippen molar-refractivity contribution in [2.45, 2.75) is 6.10 Å². The summed E-state index contributed by atoms with van der Waals surface area (Å²) in [5.41, 5.74) is 2.79. The number of benzene rings is 4. The first-order valence-electron chi connectivity index (χ1n) is 14.0. The van der Waals surface area contributed by atoms with E-state index in [0.29, 0.717) is 5.75 Å². The summed E-state index contributed by atoms with van der Waals surface area (Å²) in [6.45, 7) is 0. The molecule has 226 valence electrons. The molecule has 0 fully saturated rings. The van der Waals surface area contributed by atoms with E-state index in [2.05, 4.69) is 10.3 Å². The minimum atomic E-state index is -1.68. The standard InChI is InChI=1S/C36H31N3O6/c1-39(25-12-8-5-9-13-25)26-15-19-31(37-22-26)33(40)24-14-18-30(29(20-24)35(42)34(41)23-10-6-4-7-11-23)38-36(43)28-17-16-27(44-2)21-32(28)45-3/h4-22,35,42H,1-3H3,(H,38,43). The van der Waals surface area contributed by atoms with Gasteiger partial charge in [0.05, 0.1) is 31.7 Å². The number of para-hydroxylation sites is 1. The van der Waals surface area contributed by atoms with Crippen LogP contribution in [0.5, 0.6) is 11.5 Å². The van der Waals surface area contributed by atoms with Crippen LogP contribution < -0.4 is 19.7 Å². The van der Waals surface area contributed by atoms with Crippen LogP contribution in [0.1, 0.15) is 48.4 Å². The monoisotopic (exact) mass is 601 g/mol. The maximum absolute atomic E-state index is 13.6. The highest BCUT2D eigenvalue weighted by atomic mass is 16.5. The van der Waals surface area contributed by atoms with Gasteiger partial charge in [-0.1, -0.05) is 48.5 Å². The lowest BCUT2D eigenvalue weighted by Gasteiger charge is -2.19. The molecule has 0 aliphatic carbocycles. The fraction of sp³-hybridized carbons (Fsp3) is 0.111. The number of pyridine rings is 1. The predicted molar refractivity (Wildman–Crippen MR) is 172 cm³/mol. The summed E-state index contributed by atoms with van der Waals surface area (Å²) in [6.07, 6.45) is -0.0748. The minimum absolute atomic E-state index is 0.0518. The molecule has 2 N–H and O–H groups in total. The molecule has 0 saturated carbocycles. The number of ketones is 2. The maximum atomic E-state index is 13.6. The highest BCUT2D eigenvalue weighted by molar-refractivity contribution is 6.10. The zero-order valence-corrected chi connectivity index (χ0v) is 24.9. The van der Waals surface area contributed by atoms with E-state index in [9.17, 15) is 19.5 Å². The second kappa shape index (κ2) is 13.7. The van der Waals surface area contributed by atoms with Crippen molar-refractivity contribution in [3.63, 3.8) is 0 Å². The van der Waals surface area contributed by atoms with E-state index in [4.69, 9.17) is 9.47 Å². The van der Waals surface area contributed by atoms with Gasteiger partial charge in [0, 0.05) is 41.2 Å². The van der Waals surface area contributed by atoms with Crippen LogP contribution in [0.25, 0.3) is 0 Å². The molecular weight excluding hydrogens is 570 g/mol. The number of hydrogen-bond donors (Lipinski definition) is 2. The minimum Gasteiger partial charge on any atom is -0.497 e. The Kier molecular flexibility index (Phi) is 9.31. The summed E-state index contributed by atoms with van der Waals surface area (Å²) < 4.78 is 10.6. The molecule has 1 amide bonds. The number of aliphatic hydroxyl groups is 1. The first-order valence-corrected chi connectivity index (χ1v) is 14.0. The average Bonchev–Trinajstić information content (AvgIpc) is 3.11. The van der Waals surface area contributed by atoms with E-state index in [1.807, 2.05) is 42.3 Å².